The number of anilines is 1. The van der Waals surface area contributed by atoms with Crippen LogP contribution in [0, 0.1) is 0 Å². The molecule has 6 nitrogen and oxygen atoms in total. The van der Waals surface area contributed by atoms with Crippen molar-refractivity contribution in [3.8, 4) is 5.75 Å². The van der Waals surface area contributed by atoms with Gasteiger partial charge in [0.25, 0.3) is 0 Å². The zero-order valence-electron chi connectivity index (χ0n) is 14.8. The van der Waals surface area contributed by atoms with Crippen LogP contribution in [0.15, 0.2) is 42.5 Å². The lowest BCUT2D eigenvalue weighted by Gasteiger charge is -2.16. The van der Waals surface area contributed by atoms with Crippen LogP contribution in [0.3, 0.4) is 0 Å². The third-order valence-electron chi connectivity index (χ3n) is 3.57. The predicted octanol–water partition coefficient (Wildman–Crippen LogP) is 2.94. The molecule has 0 aromatic heterocycles. The summed E-state index contributed by atoms with van der Waals surface area (Å²) in [7, 11) is -3.41. The van der Waals surface area contributed by atoms with Crippen LogP contribution in [-0.2, 0) is 16.4 Å². The van der Waals surface area contributed by atoms with E-state index in [1.54, 1.807) is 30.3 Å². The number of aliphatic hydroxyl groups excluding tert-OH is 1. The molecule has 0 radical (unpaired) electrons. The van der Waals surface area contributed by atoms with Crippen LogP contribution in [0.5, 0.6) is 5.75 Å². The van der Waals surface area contributed by atoms with Gasteiger partial charge in [-0.3, -0.25) is 4.72 Å². The van der Waals surface area contributed by atoms with E-state index in [1.807, 2.05) is 12.1 Å². The lowest BCUT2D eigenvalue weighted by atomic mass is 10.1. The number of ether oxygens (including phenoxy) is 1. The minimum atomic E-state index is -3.41. The van der Waals surface area contributed by atoms with E-state index in [-0.39, 0.29) is 6.61 Å². The largest absolute Gasteiger partial charge is 0.489 e. The van der Waals surface area contributed by atoms with Crippen LogP contribution in [0.4, 0.5) is 5.69 Å². The molecule has 0 aliphatic rings. The summed E-state index contributed by atoms with van der Waals surface area (Å²) in [5.41, 5.74) is 1.38. The van der Waals surface area contributed by atoms with Gasteiger partial charge in [0.05, 0.1) is 22.0 Å². The lowest BCUT2D eigenvalue weighted by Crippen LogP contribution is -2.32. The zero-order valence-corrected chi connectivity index (χ0v) is 17.1. The Morgan fingerprint density at radius 3 is 2.59 bits per heavy atom. The average molecular weight is 433 g/mol. The first-order valence-electron chi connectivity index (χ1n) is 8.27. The maximum atomic E-state index is 11.4. The van der Waals surface area contributed by atoms with Crippen molar-refractivity contribution in [3.05, 3.63) is 58.1 Å². The molecule has 2 rings (SSSR count). The van der Waals surface area contributed by atoms with Crippen LogP contribution >= 0.6 is 23.2 Å². The predicted molar refractivity (Wildman–Crippen MR) is 109 cm³/mol. The van der Waals surface area contributed by atoms with Gasteiger partial charge in [0, 0.05) is 6.54 Å². The molecule has 2 aromatic carbocycles. The highest BCUT2D eigenvalue weighted by molar-refractivity contribution is 7.92. The normalized spacial score (nSPS) is 12.6. The molecule has 2 aromatic rings. The summed E-state index contributed by atoms with van der Waals surface area (Å²) in [6.45, 7) is 1.02. The highest BCUT2D eigenvalue weighted by atomic mass is 35.5. The van der Waals surface area contributed by atoms with Crippen molar-refractivity contribution in [2.24, 2.45) is 0 Å². The molecule has 0 heterocycles. The first-order valence-corrected chi connectivity index (χ1v) is 10.9. The molecule has 0 bridgehead atoms. The number of halogens is 2. The van der Waals surface area contributed by atoms with Gasteiger partial charge in [-0.2, -0.15) is 0 Å². The van der Waals surface area contributed by atoms with Crippen molar-refractivity contribution in [2.75, 3.05) is 30.7 Å². The third-order valence-corrected chi connectivity index (χ3v) is 4.90. The molecule has 0 unspecified atom stereocenters. The summed E-state index contributed by atoms with van der Waals surface area (Å²) in [5.74, 6) is 0.359. The van der Waals surface area contributed by atoms with E-state index in [2.05, 4.69) is 10.0 Å². The van der Waals surface area contributed by atoms with Gasteiger partial charge in [0.2, 0.25) is 10.0 Å². The van der Waals surface area contributed by atoms with E-state index in [4.69, 9.17) is 27.9 Å². The summed E-state index contributed by atoms with van der Waals surface area (Å²) in [6, 6.07) is 12.1. The number of aliphatic hydroxyl groups is 1. The van der Waals surface area contributed by atoms with Gasteiger partial charge < -0.3 is 15.2 Å². The van der Waals surface area contributed by atoms with Gasteiger partial charge in [0.15, 0.2) is 0 Å². The van der Waals surface area contributed by atoms with E-state index in [9.17, 15) is 13.5 Å². The molecule has 1 atom stereocenters. The molecule has 0 saturated carbocycles. The van der Waals surface area contributed by atoms with E-state index in [0.717, 1.165) is 18.2 Å². The number of sulfonamides is 1. The van der Waals surface area contributed by atoms with Gasteiger partial charge in [0.1, 0.15) is 18.5 Å². The lowest BCUT2D eigenvalue weighted by molar-refractivity contribution is 0.107. The maximum absolute atomic E-state index is 11.4. The first kappa shape index (κ1) is 21.8. The average Bonchev–Trinajstić information content (AvgIpc) is 2.59. The van der Waals surface area contributed by atoms with Gasteiger partial charge in [-0.05, 0) is 42.8 Å². The van der Waals surface area contributed by atoms with Crippen LogP contribution in [0.2, 0.25) is 10.0 Å². The van der Waals surface area contributed by atoms with Crippen molar-refractivity contribution in [3.63, 3.8) is 0 Å². The number of benzene rings is 2. The molecular formula is C18H22Cl2N2O4S. The maximum Gasteiger partial charge on any atom is 0.229 e. The van der Waals surface area contributed by atoms with Crippen molar-refractivity contribution in [1.29, 1.82) is 0 Å². The Balaban J connectivity index is 1.75. The Hall–Kier alpha value is -1.51. The standard InChI is InChI=1S/C18H22Cl2N2O4S/c1-27(24,25)22-17-4-2-3-5-18(17)26-12-14(23)11-21-9-8-13-6-7-15(19)16(20)10-13/h2-7,10,14,21-23H,8-9,11-12H2,1H3/t14-/m1/s1. The number of para-hydroxylation sites is 2. The zero-order chi connectivity index (χ0) is 19.9. The Morgan fingerprint density at radius 1 is 1.15 bits per heavy atom. The molecule has 0 saturated heterocycles. The highest BCUT2D eigenvalue weighted by Crippen LogP contribution is 2.25. The number of nitrogens with one attached hydrogen (secondary N) is 2. The molecule has 3 N–H and O–H groups in total. The smallest absolute Gasteiger partial charge is 0.229 e. The second kappa shape index (κ2) is 10.1. The summed E-state index contributed by atoms with van der Waals surface area (Å²) in [6.07, 6.45) is 1.06. The number of hydrogen-bond acceptors (Lipinski definition) is 5. The molecule has 0 aliphatic heterocycles. The summed E-state index contributed by atoms with van der Waals surface area (Å²) >= 11 is 11.9. The van der Waals surface area contributed by atoms with Crippen LogP contribution in [0.1, 0.15) is 5.56 Å². The molecule has 0 spiro atoms. The van der Waals surface area contributed by atoms with Crippen molar-refractivity contribution >= 4 is 38.9 Å². The summed E-state index contributed by atoms with van der Waals surface area (Å²) < 4.78 is 30.7. The van der Waals surface area contributed by atoms with Crippen molar-refractivity contribution in [1.82, 2.24) is 5.32 Å². The fraction of sp³-hybridized carbons (Fsp3) is 0.333. The SMILES string of the molecule is CS(=O)(=O)Nc1ccccc1OC[C@H](O)CNCCc1ccc(Cl)c(Cl)c1. The Morgan fingerprint density at radius 2 is 1.89 bits per heavy atom. The molecule has 0 fully saturated rings. The molecular weight excluding hydrogens is 411 g/mol. The van der Waals surface area contributed by atoms with Gasteiger partial charge >= 0.3 is 0 Å². The van der Waals surface area contributed by atoms with Crippen LogP contribution in [0.25, 0.3) is 0 Å². The highest BCUT2D eigenvalue weighted by Gasteiger charge is 2.10. The fourth-order valence-corrected chi connectivity index (χ4v) is 3.21. The molecule has 0 aliphatic carbocycles. The first-order chi connectivity index (χ1) is 12.7. The number of rotatable bonds is 10. The topological polar surface area (TPSA) is 87.7 Å². The summed E-state index contributed by atoms with van der Waals surface area (Å²) in [5, 5.41) is 14.2. The molecule has 148 valence electrons. The van der Waals surface area contributed by atoms with Gasteiger partial charge in [-0.1, -0.05) is 41.4 Å². The van der Waals surface area contributed by atoms with E-state index >= 15 is 0 Å². The molecule has 27 heavy (non-hydrogen) atoms. The quantitative estimate of drug-likeness (QED) is 0.502. The van der Waals surface area contributed by atoms with E-state index in [0.29, 0.717) is 34.6 Å². The Kier molecular flexibility index (Phi) is 8.19. The Bertz CT molecular complexity index is 862. The fourth-order valence-electron chi connectivity index (χ4n) is 2.32. The van der Waals surface area contributed by atoms with Gasteiger partial charge in [-0.15, -0.1) is 0 Å². The van der Waals surface area contributed by atoms with Crippen LogP contribution in [-0.4, -0.2) is 45.6 Å². The third kappa shape index (κ3) is 7.94. The van der Waals surface area contributed by atoms with Crippen molar-refractivity contribution in [2.45, 2.75) is 12.5 Å². The summed E-state index contributed by atoms with van der Waals surface area (Å²) in [4.78, 5) is 0. The van der Waals surface area contributed by atoms with E-state index < -0.39 is 16.1 Å². The van der Waals surface area contributed by atoms with Crippen molar-refractivity contribution < 1.29 is 18.3 Å². The van der Waals surface area contributed by atoms with Gasteiger partial charge in [-0.25, -0.2) is 8.42 Å². The molecule has 9 heteroatoms. The monoisotopic (exact) mass is 432 g/mol. The number of hydrogen-bond donors (Lipinski definition) is 3. The minimum absolute atomic E-state index is 0.0300. The molecule has 0 amide bonds. The second-order valence-corrected chi connectivity index (χ2v) is 8.60. The Labute approximate surface area is 169 Å². The second-order valence-electron chi connectivity index (χ2n) is 6.04. The van der Waals surface area contributed by atoms with E-state index in [1.165, 1.54) is 0 Å². The van der Waals surface area contributed by atoms with Crippen LogP contribution < -0.4 is 14.8 Å². The minimum Gasteiger partial charge on any atom is -0.489 e.